The van der Waals surface area contributed by atoms with Crippen molar-refractivity contribution in [1.29, 1.82) is 0 Å². The first-order valence-electron chi connectivity index (χ1n) is 3.26. The summed E-state index contributed by atoms with van der Waals surface area (Å²) in [6.07, 6.45) is -3.84. The molecule has 0 saturated carbocycles. The van der Waals surface area contributed by atoms with Gasteiger partial charge in [0.1, 0.15) is 5.02 Å². The first kappa shape index (κ1) is 10.7. The average molecular weight is 228 g/mol. The summed E-state index contributed by atoms with van der Waals surface area (Å²) in [6, 6.07) is 0. The molecule has 0 radical (unpaired) electrons. The number of rotatable bonds is 1. The van der Waals surface area contributed by atoms with E-state index in [1.807, 2.05) is 0 Å². The van der Waals surface area contributed by atoms with Crippen LogP contribution in [0, 0.1) is 0 Å². The summed E-state index contributed by atoms with van der Waals surface area (Å²) < 4.78 is 39.0. The van der Waals surface area contributed by atoms with E-state index in [4.69, 9.17) is 23.1 Å². The predicted molar refractivity (Wildman–Crippen MR) is 44.8 cm³/mol. The number of alkyl halides is 3. The zero-order chi connectivity index (χ0) is 10.9. The molecule has 0 unspecified atom stereocenters. The Labute approximate surface area is 81.6 Å². The molecule has 0 aromatic carbocycles. The molecule has 78 valence electrons. The van der Waals surface area contributed by atoms with E-state index in [1.54, 1.807) is 0 Å². The van der Waals surface area contributed by atoms with E-state index in [2.05, 4.69) is 9.72 Å². The number of nitrogens with zero attached hydrogens (tertiary/aromatic N) is 1. The van der Waals surface area contributed by atoms with Gasteiger partial charge in [-0.15, -0.1) is 13.2 Å². The van der Waals surface area contributed by atoms with Crippen LogP contribution in [0.2, 0.25) is 5.02 Å². The van der Waals surface area contributed by atoms with Crippen LogP contribution in [0.25, 0.3) is 0 Å². The molecule has 0 bridgehead atoms. The fourth-order valence-electron chi connectivity index (χ4n) is 0.711. The Kier molecular flexibility index (Phi) is 2.61. The second kappa shape index (κ2) is 3.41. The molecule has 1 rings (SSSR count). The number of hydrogen-bond acceptors (Lipinski definition) is 4. The maximum Gasteiger partial charge on any atom is 0.573 e. The fraction of sp³-hybridized carbons (Fsp3) is 0.167. The van der Waals surface area contributed by atoms with Crippen LogP contribution in [-0.4, -0.2) is 11.3 Å². The molecule has 0 amide bonds. The van der Waals surface area contributed by atoms with E-state index in [-0.39, 0.29) is 5.69 Å². The lowest BCUT2D eigenvalue weighted by atomic mass is 10.4. The van der Waals surface area contributed by atoms with Gasteiger partial charge < -0.3 is 16.2 Å². The maximum absolute atomic E-state index is 11.8. The SMILES string of the molecule is Nc1cnc(N)c(OC(F)(F)F)c1Cl. The highest BCUT2D eigenvalue weighted by Gasteiger charge is 2.33. The van der Waals surface area contributed by atoms with E-state index in [0.29, 0.717) is 0 Å². The molecule has 8 heteroatoms. The normalized spacial score (nSPS) is 11.4. The molecule has 1 heterocycles. The van der Waals surface area contributed by atoms with Crippen LogP contribution < -0.4 is 16.2 Å². The third-order valence-corrected chi connectivity index (χ3v) is 1.64. The van der Waals surface area contributed by atoms with Gasteiger partial charge >= 0.3 is 6.36 Å². The Hall–Kier alpha value is -1.37. The summed E-state index contributed by atoms with van der Waals surface area (Å²) >= 11 is 5.43. The molecule has 14 heavy (non-hydrogen) atoms. The molecule has 0 aliphatic heterocycles. The summed E-state index contributed by atoms with van der Waals surface area (Å²) in [5.74, 6) is -1.25. The van der Waals surface area contributed by atoms with Crippen LogP contribution in [0.1, 0.15) is 0 Å². The molecule has 0 aliphatic rings. The maximum atomic E-state index is 11.8. The number of pyridine rings is 1. The van der Waals surface area contributed by atoms with Crippen molar-refractivity contribution >= 4 is 23.1 Å². The number of ether oxygens (including phenoxy) is 1. The van der Waals surface area contributed by atoms with Crippen LogP contribution >= 0.6 is 11.6 Å². The first-order chi connectivity index (χ1) is 6.31. The quantitative estimate of drug-likeness (QED) is 0.767. The average Bonchev–Trinajstić information content (AvgIpc) is 2.04. The topological polar surface area (TPSA) is 74.2 Å². The lowest BCUT2D eigenvalue weighted by Gasteiger charge is -2.12. The molecular weight excluding hydrogens is 223 g/mol. The van der Waals surface area contributed by atoms with Crippen LogP contribution in [0.15, 0.2) is 6.20 Å². The van der Waals surface area contributed by atoms with Crippen LogP contribution in [0.3, 0.4) is 0 Å². The van der Waals surface area contributed by atoms with Crippen molar-refractivity contribution in [3.8, 4) is 5.75 Å². The van der Waals surface area contributed by atoms with Crippen LogP contribution in [-0.2, 0) is 0 Å². The number of hydrogen-bond donors (Lipinski definition) is 2. The predicted octanol–water partition coefficient (Wildman–Crippen LogP) is 1.80. The van der Waals surface area contributed by atoms with Crippen molar-refractivity contribution in [3.05, 3.63) is 11.2 Å². The summed E-state index contributed by atoms with van der Waals surface area (Å²) in [4.78, 5) is 3.37. The first-order valence-corrected chi connectivity index (χ1v) is 3.64. The third kappa shape index (κ3) is 2.32. The van der Waals surface area contributed by atoms with Crippen molar-refractivity contribution in [2.75, 3.05) is 11.5 Å². The van der Waals surface area contributed by atoms with E-state index < -0.39 is 23.0 Å². The number of anilines is 2. The Morgan fingerprint density at radius 2 is 1.93 bits per heavy atom. The van der Waals surface area contributed by atoms with Crippen molar-refractivity contribution in [2.45, 2.75) is 6.36 Å². The van der Waals surface area contributed by atoms with Crippen LogP contribution in [0.5, 0.6) is 5.75 Å². The van der Waals surface area contributed by atoms with Gasteiger partial charge in [0.05, 0.1) is 11.9 Å². The largest absolute Gasteiger partial charge is 0.573 e. The van der Waals surface area contributed by atoms with E-state index >= 15 is 0 Å². The Morgan fingerprint density at radius 1 is 1.36 bits per heavy atom. The van der Waals surface area contributed by atoms with Gasteiger partial charge in [0.15, 0.2) is 11.6 Å². The molecule has 4 nitrogen and oxygen atoms in total. The molecule has 0 atom stereocenters. The minimum absolute atomic E-state index is 0.139. The van der Waals surface area contributed by atoms with Crippen molar-refractivity contribution < 1.29 is 17.9 Å². The third-order valence-electron chi connectivity index (χ3n) is 1.25. The Morgan fingerprint density at radius 3 is 2.43 bits per heavy atom. The Bertz CT molecular complexity index is 355. The van der Waals surface area contributed by atoms with Gasteiger partial charge in [-0.25, -0.2) is 4.98 Å². The van der Waals surface area contributed by atoms with Crippen molar-refractivity contribution in [3.63, 3.8) is 0 Å². The van der Waals surface area contributed by atoms with Crippen molar-refractivity contribution in [2.24, 2.45) is 0 Å². The number of nitrogen functional groups attached to an aromatic ring is 2. The second-order valence-electron chi connectivity index (χ2n) is 2.29. The lowest BCUT2D eigenvalue weighted by molar-refractivity contribution is -0.274. The molecule has 1 aromatic heterocycles. The number of aromatic nitrogens is 1. The standard InChI is InChI=1S/C6H5ClF3N3O/c7-3-2(11)1-13-5(12)4(3)14-6(8,9)10/h1H,11H2,(H2,12,13). The van der Waals surface area contributed by atoms with E-state index in [1.165, 1.54) is 0 Å². The number of halogens is 4. The molecule has 0 fully saturated rings. The molecule has 1 aromatic rings. The summed E-state index contributed by atoms with van der Waals surface area (Å²) in [5, 5.41) is -0.408. The minimum Gasteiger partial charge on any atom is -0.400 e. The molecular formula is C6H5ClF3N3O. The highest BCUT2D eigenvalue weighted by atomic mass is 35.5. The Balaban J connectivity index is 3.13. The van der Waals surface area contributed by atoms with Gasteiger partial charge in [-0.2, -0.15) is 0 Å². The summed E-state index contributed by atoms with van der Waals surface area (Å²) in [5.41, 5.74) is 10.2. The zero-order valence-corrected chi connectivity index (χ0v) is 7.36. The van der Waals surface area contributed by atoms with Crippen LogP contribution in [0.4, 0.5) is 24.7 Å². The van der Waals surface area contributed by atoms with Gasteiger partial charge in [0.25, 0.3) is 0 Å². The van der Waals surface area contributed by atoms with E-state index in [9.17, 15) is 13.2 Å². The highest BCUT2D eigenvalue weighted by molar-refractivity contribution is 6.34. The van der Waals surface area contributed by atoms with Crippen molar-refractivity contribution in [1.82, 2.24) is 4.98 Å². The molecule has 0 aliphatic carbocycles. The summed E-state index contributed by atoms with van der Waals surface area (Å²) in [7, 11) is 0. The monoisotopic (exact) mass is 227 g/mol. The molecule has 0 spiro atoms. The summed E-state index contributed by atoms with van der Waals surface area (Å²) in [6.45, 7) is 0. The minimum atomic E-state index is -4.88. The lowest BCUT2D eigenvalue weighted by Crippen LogP contribution is -2.19. The van der Waals surface area contributed by atoms with Gasteiger partial charge in [-0.05, 0) is 0 Å². The molecule has 0 saturated heterocycles. The fourth-order valence-corrected chi connectivity index (χ4v) is 0.895. The van der Waals surface area contributed by atoms with Gasteiger partial charge in [0, 0.05) is 0 Å². The van der Waals surface area contributed by atoms with E-state index in [0.717, 1.165) is 6.20 Å². The highest BCUT2D eigenvalue weighted by Crippen LogP contribution is 2.37. The second-order valence-corrected chi connectivity index (χ2v) is 2.67. The van der Waals surface area contributed by atoms with Gasteiger partial charge in [-0.3, -0.25) is 0 Å². The number of nitrogens with two attached hydrogens (primary N) is 2. The van der Waals surface area contributed by atoms with Gasteiger partial charge in [0.2, 0.25) is 0 Å². The smallest absolute Gasteiger partial charge is 0.400 e. The molecule has 4 N–H and O–H groups in total. The van der Waals surface area contributed by atoms with Gasteiger partial charge in [-0.1, -0.05) is 11.6 Å². The zero-order valence-electron chi connectivity index (χ0n) is 6.60.